The maximum atomic E-state index is 13.5. The standard InChI is InChI=1S/C26H34F2Si/c1-2-15-29-16-13-23(14-17-29)21-5-3-19(4-6-21)20-7-9-22(10-8-20)24-11-12-25(27)26(28)18-24/h7-12,18-19,21,23,29H,2-6,13-17H2,1H3/t19-,21-,23?,29?. The molecule has 156 valence electrons. The minimum atomic E-state index is -0.789. The molecule has 1 saturated carbocycles. The quantitative estimate of drug-likeness (QED) is 0.437. The second-order valence-electron chi connectivity index (χ2n) is 9.43. The second-order valence-corrected chi connectivity index (χ2v) is 12.9. The molecule has 1 aliphatic carbocycles. The van der Waals surface area contributed by atoms with Gasteiger partial charge in [0, 0.05) is 8.80 Å². The SMILES string of the molecule is CCC[SiH]1CCC([C@H]2CC[C@H](c3ccc(-c4ccc(F)c(F)c4)cc3)CC2)CC1. The van der Waals surface area contributed by atoms with Gasteiger partial charge >= 0.3 is 0 Å². The van der Waals surface area contributed by atoms with E-state index in [1.54, 1.807) is 24.2 Å². The largest absolute Gasteiger partial charge is 0.204 e. The third-order valence-electron chi connectivity index (χ3n) is 7.66. The minimum absolute atomic E-state index is 0.362. The van der Waals surface area contributed by atoms with Crippen LogP contribution in [0.3, 0.4) is 0 Å². The Morgan fingerprint density at radius 1 is 0.759 bits per heavy atom. The first-order valence-corrected chi connectivity index (χ1v) is 14.1. The molecule has 0 bridgehead atoms. The van der Waals surface area contributed by atoms with Gasteiger partial charge in [0.05, 0.1) is 0 Å². The highest BCUT2D eigenvalue weighted by Gasteiger charge is 2.31. The fraction of sp³-hybridized carbons (Fsp3) is 0.538. The molecule has 2 aromatic rings. The van der Waals surface area contributed by atoms with E-state index in [0.29, 0.717) is 5.92 Å². The normalized spacial score (nSPS) is 27.7. The molecule has 29 heavy (non-hydrogen) atoms. The summed E-state index contributed by atoms with van der Waals surface area (Å²) in [5, 5.41) is 0. The zero-order valence-corrected chi connectivity index (χ0v) is 18.8. The van der Waals surface area contributed by atoms with Crippen molar-refractivity contribution in [1.29, 1.82) is 0 Å². The molecule has 2 aliphatic rings. The van der Waals surface area contributed by atoms with Crippen LogP contribution in [0, 0.1) is 23.5 Å². The molecular weight excluding hydrogens is 378 g/mol. The predicted octanol–water partition coefficient (Wildman–Crippen LogP) is 7.95. The Bertz CT molecular complexity index is 785. The van der Waals surface area contributed by atoms with Gasteiger partial charge in [-0.15, -0.1) is 0 Å². The summed E-state index contributed by atoms with van der Waals surface area (Å²) in [4.78, 5) is 0. The van der Waals surface area contributed by atoms with E-state index in [-0.39, 0.29) is 8.80 Å². The summed E-state index contributed by atoms with van der Waals surface area (Å²) in [6.45, 7) is 2.35. The molecule has 0 spiro atoms. The number of halogens is 2. The molecule has 0 amide bonds. The predicted molar refractivity (Wildman–Crippen MR) is 121 cm³/mol. The Morgan fingerprint density at radius 2 is 1.38 bits per heavy atom. The van der Waals surface area contributed by atoms with Gasteiger partial charge in [-0.25, -0.2) is 8.78 Å². The number of rotatable bonds is 5. The summed E-state index contributed by atoms with van der Waals surface area (Å²) in [7, 11) is -0.362. The maximum absolute atomic E-state index is 13.5. The van der Waals surface area contributed by atoms with Gasteiger partial charge in [0.2, 0.25) is 0 Å². The molecule has 0 nitrogen and oxygen atoms in total. The number of hydrogen-bond acceptors (Lipinski definition) is 0. The fourth-order valence-corrected chi connectivity index (χ4v) is 9.39. The molecule has 0 N–H and O–H groups in total. The van der Waals surface area contributed by atoms with Gasteiger partial charge in [-0.05, 0) is 72.3 Å². The van der Waals surface area contributed by atoms with Crippen molar-refractivity contribution in [3.05, 3.63) is 59.7 Å². The molecule has 3 heteroatoms. The van der Waals surface area contributed by atoms with Crippen molar-refractivity contribution in [2.24, 2.45) is 11.8 Å². The van der Waals surface area contributed by atoms with Crippen LogP contribution in [-0.2, 0) is 0 Å². The average molecular weight is 413 g/mol. The third-order valence-corrected chi connectivity index (χ3v) is 11.4. The van der Waals surface area contributed by atoms with Crippen LogP contribution in [0.25, 0.3) is 11.1 Å². The molecular formula is C26H34F2Si. The Morgan fingerprint density at radius 3 is 2.00 bits per heavy atom. The van der Waals surface area contributed by atoms with Crippen LogP contribution in [0.4, 0.5) is 8.78 Å². The lowest BCUT2D eigenvalue weighted by atomic mass is 9.72. The summed E-state index contributed by atoms with van der Waals surface area (Å²) in [5.41, 5.74) is 3.10. The summed E-state index contributed by atoms with van der Waals surface area (Å²) in [5.74, 6) is 1.06. The van der Waals surface area contributed by atoms with Crippen molar-refractivity contribution in [3.8, 4) is 11.1 Å². The Labute approximate surface area is 176 Å². The Kier molecular flexibility index (Phi) is 6.84. The van der Waals surface area contributed by atoms with Gasteiger partial charge in [0.1, 0.15) is 0 Å². The zero-order valence-electron chi connectivity index (χ0n) is 17.7. The first-order valence-electron chi connectivity index (χ1n) is 11.7. The maximum Gasteiger partial charge on any atom is 0.159 e. The summed E-state index contributed by atoms with van der Waals surface area (Å²) in [6, 6.07) is 17.4. The Balaban J connectivity index is 1.31. The van der Waals surface area contributed by atoms with Crippen LogP contribution in [0.15, 0.2) is 42.5 Å². The molecule has 2 fully saturated rings. The molecule has 2 aromatic carbocycles. The van der Waals surface area contributed by atoms with Crippen molar-refractivity contribution in [1.82, 2.24) is 0 Å². The molecule has 1 aliphatic heterocycles. The second kappa shape index (κ2) is 9.55. The van der Waals surface area contributed by atoms with E-state index in [1.165, 1.54) is 62.6 Å². The molecule has 0 unspecified atom stereocenters. The van der Waals surface area contributed by atoms with Crippen molar-refractivity contribution >= 4 is 8.80 Å². The van der Waals surface area contributed by atoms with E-state index in [4.69, 9.17) is 0 Å². The smallest absolute Gasteiger partial charge is 0.159 e. The van der Waals surface area contributed by atoms with Gasteiger partial charge in [-0.1, -0.05) is 74.7 Å². The molecule has 0 radical (unpaired) electrons. The summed E-state index contributed by atoms with van der Waals surface area (Å²) < 4.78 is 26.7. The lowest BCUT2D eigenvalue weighted by Crippen LogP contribution is -2.28. The monoisotopic (exact) mass is 412 g/mol. The van der Waals surface area contributed by atoms with Crippen molar-refractivity contribution in [2.75, 3.05) is 0 Å². The number of hydrogen-bond donors (Lipinski definition) is 0. The minimum Gasteiger partial charge on any atom is -0.204 e. The molecule has 0 atom stereocenters. The van der Waals surface area contributed by atoms with Crippen LogP contribution in [0.1, 0.15) is 63.4 Å². The molecule has 4 rings (SSSR count). The lowest BCUT2D eigenvalue weighted by Gasteiger charge is -2.37. The zero-order chi connectivity index (χ0) is 20.2. The molecule has 1 heterocycles. The van der Waals surface area contributed by atoms with E-state index < -0.39 is 11.6 Å². The van der Waals surface area contributed by atoms with Gasteiger partial charge < -0.3 is 0 Å². The van der Waals surface area contributed by atoms with Gasteiger partial charge in [-0.2, -0.15) is 0 Å². The third kappa shape index (κ3) is 4.99. The summed E-state index contributed by atoms with van der Waals surface area (Å²) >= 11 is 0. The van der Waals surface area contributed by atoms with Crippen molar-refractivity contribution in [3.63, 3.8) is 0 Å². The van der Waals surface area contributed by atoms with E-state index in [1.807, 2.05) is 0 Å². The highest BCUT2D eigenvalue weighted by atomic mass is 28.3. The molecule has 0 aromatic heterocycles. The van der Waals surface area contributed by atoms with E-state index >= 15 is 0 Å². The van der Waals surface area contributed by atoms with Crippen LogP contribution in [0.2, 0.25) is 18.1 Å². The first-order chi connectivity index (χ1) is 14.1. The summed E-state index contributed by atoms with van der Waals surface area (Å²) in [6.07, 6.45) is 9.84. The first kappa shape index (κ1) is 20.8. The van der Waals surface area contributed by atoms with Crippen LogP contribution < -0.4 is 0 Å². The van der Waals surface area contributed by atoms with Crippen molar-refractivity contribution in [2.45, 2.75) is 75.9 Å². The topological polar surface area (TPSA) is 0 Å². The van der Waals surface area contributed by atoms with Gasteiger partial charge in [0.25, 0.3) is 0 Å². The molecule has 1 saturated heterocycles. The van der Waals surface area contributed by atoms with Gasteiger partial charge in [0.15, 0.2) is 11.6 Å². The van der Waals surface area contributed by atoms with Crippen molar-refractivity contribution < 1.29 is 8.78 Å². The van der Waals surface area contributed by atoms with Crippen LogP contribution in [0.5, 0.6) is 0 Å². The van der Waals surface area contributed by atoms with E-state index in [2.05, 4.69) is 31.2 Å². The number of benzene rings is 2. The van der Waals surface area contributed by atoms with Gasteiger partial charge in [-0.3, -0.25) is 0 Å². The lowest BCUT2D eigenvalue weighted by molar-refractivity contribution is 0.216. The van der Waals surface area contributed by atoms with E-state index in [9.17, 15) is 8.78 Å². The van der Waals surface area contributed by atoms with Crippen LogP contribution in [-0.4, -0.2) is 8.80 Å². The highest BCUT2D eigenvalue weighted by Crippen LogP contribution is 2.43. The van der Waals surface area contributed by atoms with Crippen LogP contribution >= 0.6 is 0 Å². The van der Waals surface area contributed by atoms with E-state index in [0.717, 1.165) is 23.0 Å². The highest BCUT2D eigenvalue weighted by molar-refractivity contribution is 6.58. The Hall–Kier alpha value is -1.48. The fourth-order valence-electron chi connectivity index (χ4n) is 5.90. The average Bonchev–Trinajstić information content (AvgIpc) is 2.77.